The zero-order chi connectivity index (χ0) is 14.8. The van der Waals surface area contributed by atoms with Crippen molar-refractivity contribution in [3.05, 3.63) is 28.3 Å². The first-order valence-electron chi connectivity index (χ1n) is 6.46. The zero-order valence-electron chi connectivity index (χ0n) is 11.4. The standard InChI is InChI=1S/C13H16N4O2S/c1-3-10-11(7-14)13(17-16-12(10)4-2)15-9-5-6-20(18,19)8-9/h5-6,9H,3-4,8H2,1-2H3,(H,15,17). The van der Waals surface area contributed by atoms with Crippen LogP contribution in [0.25, 0.3) is 0 Å². The van der Waals surface area contributed by atoms with Crippen LogP contribution in [0.15, 0.2) is 11.5 Å². The van der Waals surface area contributed by atoms with E-state index in [0.29, 0.717) is 24.2 Å². The van der Waals surface area contributed by atoms with Crippen LogP contribution in [0.4, 0.5) is 5.82 Å². The van der Waals surface area contributed by atoms with Gasteiger partial charge < -0.3 is 5.32 Å². The number of aryl methyl sites for hydroxylation is 1. The van der Waals surface area contributed by atoms with Crippen LogP contribution in [-0.2, 0) is 22.7 Å². The second-order valence-corrected chi connectivity index (χ2v) is 6.51. The minimum atomic E-state index is -3.14. The van der Waals surface area contributed by atoms with Crippen molar-refractivity contribution in [2.45, 2.75) is 32.7 Å². The van der Waals surface area contributed by atoms with Crippen LogP contribution in [0, 0.1) is 11.3 Å². The molecule has 0 aliphatic carbocycles. The third-order valence-corrected chi connectivity index (χ3v) is 4.61. The Kier molecular flexibility index (Phi) is 4.04. The maximum Gasteiger partial charge on any atom is 0.173 e. The maximum atomic E-state index is 11.4. The summed E-state index contributed by atoms with van der Waals surface area (Å²) in [6.45, 7) is 3.92. The topological polar surface area (TPSA) is 95.7 Å². The monoisotopic (exact) mass is 292 g/mol. The highest BCUT2D eigenvalue weighted by atomic mass is 32.2. The lowest BCUT2D eigenvalue weighted by molar-refractivity contribution is 0.605. The lowest BCUT2D eigenvalue weighted by Gasteiger charge is -2.14. The number of nitriles is 1. The molecule has 20 heavy (non-hydrogen) atoms. The number of nitrogens with one attached hydrogen (secondary N) is 1. The van der Waals surface area contributed by atoms with Crippen molar-refractivity contribution < 1.29 is 8.42 Å². The van der Waals surface area contributed by atoms with Gasteiger partial charge in [-0.2, -0.15) is 10.4 Å². The number of hydrogen-bond donors (Lipinski definition) is 1. The van der Waals surface area contributed by atoms with Crippen LogP contribution < -0.4 is 5.32 Å². The Balaban J connectivity index is 2.34. The van der Waals surface area contributed by atoms with Gasteiger partial charge in [-0.1, -0.05) is 13.8 Å². The van der Waals surface area contributed by atoms with Crippen molar-refractivity contribution >= 4 is 15.7 Å². The summed E-state index contributed by atoms with van der Waals surface area (Å²) in [5, 5.41) is 21.6. The molecule has 1 aromatic heterocycles. The summed E-state index contributed by atoms with van der Waals surface area (Å²) in [4.78, 5) is 0. The smallest absolute Gasteiger partial charge is 0.173 e. The second kappa shape index (κ2) is 5.59. The minimum Gasteiger partial charge on any atom is -0.360 e. The molecule has 0 bridgehead atoms. The van der Waals surface area contributed by atoms with E-state index < -0.39 is 9.84 Å². The van der Waals surface area contributed by atoms with Crippen LogP contribution in [0.1, 0.15) is 30.7 Å². The van der Waals surface area contributed by atoms with E-state index in [9.17, 15) is 13.7 Å². The number of sulfone groups is 1. The summed E-state index contributed by atoms with van der Waals surface area (Å²) in [7, 11) is -3.14. The molecule has 2 rings (SSSR count). The molecule has 1 aromatic rings. The van der Waals surface area contributed by atoms with Gasteiger partial charge in [0.25, 0.3) is 0 Å². The predicted molar refractivity (Wildman–Crippen MR) is 75.8 cm³/mol. The van der Waals surface area contributed by atoms with Crippen LogP contribution in [0.2, 0.25) is 0 Å². The van der Waals surface area contributed by atoms with Gasteiger partial charge in [0.15, 0.2) is 15.7 Å². The molecule has 0 radical (unpaired) electrons. The van der Waals surface area contributed by atoms with Crippen molar-refractivity contribution in [3.63, 3.8) is 0 Å². The normalized spacial score (nSPS) is 19.8. The van der Waals surface area contributed by atoms with Gasteiger partial charge in [0.05, 0.1) is 17.5 Å². The van der Waals surface area contributed by atoms with E-state index in [4.69, 9.17) is 0 Å². The lowest BCUT2D eigenvalue weighted by Crippen LogP contribution is -2.23. The molecular weight excluding hydrogens is 276 g/mol. The first-order chi connectivity index (χ1) is 9.50. The molecule has 7 heteroatoms. The summed E-state index contributed by atoms with van der Waals surface area (Å²) >= 11 is 0. The fraction of sp³-hybridized carbons (Fsp3) is 0.462. The van der Waals surface area contributed by atoms with Gasteiger partial charge in [0.2, 0.25) is 0 Å². The Morgan fingerprint density at radius 3 is 2.65 bits per heavy atom. The van der Waals surface area contributed by atoms with Crippen molar-refractivity contribution in [1.29, 1.82) is 5.26 Å². The number of anilines is 1. The van der Waals surface area contributed by atoms with E-state index in [1.165, 1.54) is 5.41 Å². The SMILES string of the molecule is CCc1nnc(NC2C=CS(=O)(=O)C2)c(C#N)c1CC. The average molecular weight is 292 g/mol. The second-order valence-electron chi connectivity index (χ2n) is 4.58. The molecule has 0 saturated carbocycles. The summed E-state index contributed by atoms with van der Waals surface area (Å²) in [5.41, 5.74) is 2.14. The minimum absolute atomic E-state index is 0.0173. The van der Waals surface area contributed by atoms with Crippen LogP contribution in [0.5, 0.6) is 0 Å². The van der Waals surface area contributed by atoms with E-state index >= 15 is 0 Å². The Labute approximate surface area is 118 Å². The first kappa shape index (κ1) is 14.5. The first-order valence-corrected chi connectivity index (χ1v) is 8.18. The third-order valence-electron chi connectivity index (χ3n) is 3.21. The number of hydrogen-bond acceptors (Lipinski definition) is 6. The largest absolute Gasteiger partial charge is 0.360 e. The van der Waals surface area contributed by atoms with Gasteiger partial charge in [-0.05, 0) is 24.5 Å². The van der Waals surface area contributed by atoms with Crippen LogP contribution >= 0.6 is 0 Å². The fourth-order valence-corrected chi connectivity index (χ4v) is 3.47. The molecule has 6 nitrogen and oxygen atoms in total. The quantitative estimate of drug-likeness (QED) is 0.895. The molecule has 1 atom stereocenters. The van der Waals surface area contributed by atoms with Gasteiger partial charge in [-0.3, -0.25) is 0 Å². The molecule has 1 unspecified atom stereocenters. The lowest BCUT2D eigenvalue weighted by atomic mass is 10.0. The molecule has 0 fully saturated rings. The van der Waals surface area contributed by atoms with Gasteiger partial charge in [0, 0.05) is 5.41 Å². The molecule has 106 valence electrons. The highest BCUT2D eigenvalue weighted by Gasteiger charge is 2.24. The zero-order valence-corrected chi connectivity index (χ0v) is 12.2. The summed E-state index contributed by atoms with van der Waals surface area (Å²) in [6.07, 6.45) is 2.97. The van der Waals surface area contributed by atoms with Crippen molar-refractivity contribution in [1.82, 2.24) is 10.2 Å². The van der Waals surface area contributed by atoms with Gasteiger partial charge in [0.1, 0.15) is 11.6 Å². The summed E-state index contributed by atoms with van der Waals surface area (Å²) < 4.78 is 22.8. The highest BCUT2D eigenvalue weighted by Crippen LogP contribution is 2.22. The number of nitrogens with zero attached hydrogens (tertiary/aromatic N) is 3. The number of rotatable bonds is 4. The van der Waals surface area contributed by atoms with Crippen LogP contribution in [0.3, 0.4) is 0 Å². The van der Waals surface area contributed by atoms with E-state index in [-0.39, 0.29) is 11.8 Å². The van der Waals surface area contributed by atoms with E-state index in [0.717, 1.165) is 11.3 Å². The Hall–Kier alpha value is -1.94. The molecule has 0 saturated heterocycles. The fourth-order valence-electron chi connectivity index (χ4n) is 2.24. The van der Waals surface area contributed by atoms with Gasteiger partial charge in [-0.25, -0.2) is 8.42 Å². The van der Waals surface area contributed by atoms with E-state index in [1.54, 1.807) is 6.08 Å². The van der Waals surface area contributed by atoms with Crippen LogP contribution in [-0.4, -0.2) is 30.4 Å². The summed E-state index contributed by atoms with van der Waals surface area (Å²) in [5.74, 6) is 0.338. The molecule has 0 aromatic carbocycles. The van der Waals surface area contributed by atoms with Gasteiger partial charge >= 0.3 is 0 Å². The van der Waals surface area contributed by atoms with E-state index in [1.807, 2.05) is 13.8 Å². The maximum absolute atomic E-state index is 11.4. The summed E-state index contributed by atoms with van der Waals surface area (Å²) in [6, 6.07) is 1.78. The Bertz CT molecular complexity index is 689. The molecule has 1 aliphatic rings. The van der Waals surface area contributed by atoms with E-state index in [2.05, 4.69) is 21.6 Å². The van der Waals surface area contributed by atoms with Crippen molar-refractivity contribution in [2.75, 3.05) is 11.1 Å². The average Bonchev–Trinajstić information content (AvgIpc) is 2.77. The molecular formula is C13H16N4O2S. The molecule has 2 heterocycles. The van der Waals surface area contributed by atoms with Crippen molar-refractivity contribution in [3.8, 4) is 6.07 Å². The number of aromatic nitrogens is 2. The van der Waals surface area contributed by atoms with Crippen molar-refractivity contribution in [2.24, 2.45) is 0 Å². The highest BCUT2D eigenvalue weighted by molar-refractivity contribution is 7.94. The third kappa shape index (κ3) is 2.80. The Morgan fingerprint density at radius 1 is 1.40 bits per heavy atom. The molecule has 0 spiro atoms. The Morgan fingerprint density at radius 2 is 2.15 bits per heavy atom. The molecule has 1 N–H and O–H groups in total. The molecule has 0 amide bonds. The predicted octanol–water partition coefficient (Wildman–Crippen LogP) is 1.20. The molecule has 1 aliphatic heterocycles. The van der Waals surface area contributed by atoms with Gasteiger partial charge in [-0.15, -0.1) is 5.10 Å².